The Morgan fingerprint density at radius 3 is 2.45 bits per heavy atom. The highest BCUT2D eigenvalue weighted by atomic mass is 19.4. The van der Waals surface area contributed by atoms with Crippen molar-refractivity contribution >= 4 is 16.9 Å². The fraction of sp³-hybridized carbons (Fsp3) is 0.452. The molecule has 0 fully saturated rings. The van der Waals surface area contributed by atoms with Gasteiger partial charge in [0.15, 0.2) is 0 Å². The third kappa shape index (κ3) is 8.14. The van der Waals surface area contributed by atoms with Crippen LogP contribution in [0.15, 0.2) is 59.0 Å². The highest BCUT2D eigenvalue weighted by Gasteiger charge is 2.41. The third-order valence-corrected chi connectivity index (χ3v) is 6.49. The number of ether oxygens (including phenoxy) is 2. The fourth-order valence-corrected chi connectivity index (χ4v) is 4.40. The van der Waals surface area contributed by atoms with Crippen molar-refractivity contribution in [2.24, 2.45) is 5.41 Å². The number of alkyl halides is 3. The number of benzene rings is 2. The lowest BCUT2D eigenvalue weighted by atomic mass is 9.88. The van der Waals surface area contributed by atoms with Crippen LogP contribution in [0.3, 0.4) is 0 Å². The van der Waals surface area contributed by atoms with E-state index in [1.807, 2.05) is 12.1 Å². The van der Waals surface area contributed by atoms with E-state index in [9.17, 15) is 18.0 Å². The first-order chi connectivity index (χ1) is 17.9. The van der Waals surface area contributed by atoms with Crippen LogP contribution in [0, 0.1) is 5.41 Å². The van der Waals surface area contributed by atoms with Crippen LogP contribution in [-0.4, -0.2) is 25.4 Å². The van der Waals surface area contributed by atoms with Crippen LogP contribution in [0.25, 0.3) is 22.3 Å². The maximum absolute atomic E-state index is 13.3. The summed E-state index contributed by atoms with van der Waals surface area (Å²) < 4.78 is 56.8. The average Bonchev–Trinajstić information content (AvgIpc) is 3.28. The molecule has 0 aliphatic heterocycles. The number of carbonyl (C=O) groups excluding carboxylic acids is 1. The van der Waals surface area contributed by atoms with E-state index in [1.54, 1.807) is 12.1 Å². The van der Waals surface area contributed by atoms with Crippen LogP contribution >= 0.6 is 0 Å². The van der Waals surface area contributed by atoms with Gasteiger partial charge in [-0.1, -0.05) is 58.4 Å². The molecule has 0 radical (unpaired) electrons. The summed E-state index contributed by atoms with van der Waals surface area (Å²) in [6, 6.07) is 13.7. The molecule has 0 saturated carbocycles. The topological polar surface area (TPSA) is 48.7 Å². The number of carbonyl (C=O) groups is 1. The van der Waals surface area contributed by atoms with E-state index in [0.717, 1.165) is 29.6 Å². The zero-order valence-electron chi connectivity index (χ0n) is 22.7. The van der Waals surface area contributed by atoms with Gasteiger partial charge >= 0.3 is 12.1 Å². The standard InChI is InChI=1S/C31H37F3O4/c1-6-8-9-10-22-11-14-26(23(7-2)15-22)28-16-24-12-13-25(17-27(24)38-28)36-19-30(5,18-31(32,33)34)20-37-29(35)21(3)4/h11-17H,3,6-10,18-20H2,1-2,4-5H3. The van der Waals surface area contributed by atoms with Crippen LogP contribution in [-0.2, 0) is 22.4 Å². The first-order valence-corrected chi connectivity index (χ1v) is 13.1. The molecular formula is C31H37F3O4. The van der Waals surface area contributed by atoms with E-state index in [0.29, 0.717) is 11.3 Å². The van der Waals surface area contributed by atoms with Crippen molar-refractivity contribution < 1.29 is 31.9 Å². The predicted octanol–water partition coefficient (Wildman–Crippen LogP) is 8.85. The van der Waals surface area contributed by atoms with Crippen LogP contribution in [0.5, 0.6) is 5.75 Å². The van der Waals surface area contributed by atoms with Gasteiger partial charge in [0.05, 0.1) is 13.0 Å². The van der Waals surface area contributed by atoms with E-state index in [1.165, 1.54) is 44.2 Å². The lowest BCUT2D eigenvalue weighted by Gasteiger charge is -2.30. The summed E-state index contributed by atoms with van der Waals surface area (Å²) in [6.07, 6.45) is -0.108. The molecule has 0 spiro atoms. The first kappa shape index (κ1) is 29.3. The highest BCUT2D eigenvalue weighted by molar-refractivity contribution is 5.87. The summed E-state index contributed by atoms with van der Waals surface area (Å²) in [6.45, 7) is 9.87. The number of hydrogen-bond acceptors (Lipinski definition) is 4. The van der Waals surface area contributed by atoms with Gasteiger partial charge in [-0.3, -0.25) is 0 Å². The molecular weight excluding hydrogens is 493 g/mol. The maximum Gasteiger partial charge on any atom is 0.389 e. The second-order valence-corrected chi connectivity index (χ2v) is 10.4. The Labute approximate surface area is 222 Å². The normalized spacial score (nSPS) is 13.3. The molecule has 1 unspecified atom stereocenters. The number of furan rings is 1. The first-order valence-electron chi connectivity index (χ1n) is 13.1. The molecule has 0 N–H and O–H groups in total. The molecule has 4 nitrogen and oxygen atoms in total. The summed E-state index contributed by atoms with van der Waals surface area (Å²) in [7, 11) is 0. The average molecular weight is 531 g/mol. The summed E-state index contributed by atoms with van der Waals surface area (Å²) in [4.78, 5) is 11.8. The Morgan fingerprint density at radius 1 is 1.03 bits per heavy atom. The van der Waals surface area contributed by atoms with E-state index >= 15 is 0 Å². The van der Waals surface area contributed by atoms with Gasteiger partial charge < -0.3 is 13.9 Å². The van der Waals surface area contributed by atoms with Crippen molar-refractivity contribution in [2.75, 3.05) is 13.2 Å². The molecule has 3 rings (SSSR count). The molecule has 1 aromatic heterocycles. The van der Waals surface area contributed by atoms with Crippen LogP contribution in [0.2, 0.25) is 0 Å². The number of hydrogen-bond donors (Lipinski definition) is 0. The minimum absolute atomic E-state index is 0.122. The lowest BCUT2D eigenvalue weighted by molar-refractivity contribution is -0.173. The summed E-state index contributed by atoms with van der Waals surface area (Å²) in [5, 5.41) is 0.870. The quantitative estimate of drug-likeness (QED) is 0.126. The summed E-state index contributed by atoms with van der Waals surface area (Å²) in [5.41, 5.74) is 2.79. The van der Waals surface area contributed by atoms with E-state index < -0.39 is 30.6 Å². The molecule has 3 aromatic rings. The smallest absolute Gasteiger partial charge is 0.389 e. The van der Waals surface area contributed by atoms with Crippen LogP contribution < -0.4 is 4.74 Å². The van der Waals surface area contributed by atoms with Crippen molar-refractivity contribution in [1.29, 1.82) is 0 Å². The Morgan fingerprint density at radius 2 is 1.79 bits per heavy atom. The summed E-state index contributed by atoms with van der Waals surface area (Å²) >= 11 is 0. The van der Waals surface area contributed by atoms with Gasteiger partial charge in [0.25, 0.3) is 0 Å². The minimum Gasteiger partial charge on any atom is -0.493 e. The van der Waals surface area contributed by atoms with Gasteiger partial charge in [-0.2, -0.15) is 13.2 Å². The molecule has 0 aliphatic carbocycles. The third-order valence-electron chi connectivity index (χ3n) is 6.49. The van der Waals surface area contributed by atoms with Gasteiger partial charge in [0.2, 0.25) is 0 Å². The van der Waals surface area contributed by atoms with Gasteiger partial charge in [0, 0.05) is 28.0 Å². The lowest BCUT2D eigenvalue weighted by Crippen LogP contribution is -2.36. The molecule has 2 aromatic carbocycles. The second kappa shape index (κ2) is 12.5. The molecule has 0 saturated heterocycles. The molecule has 7 heteroatoms. The molecule has 206 valence electrons. The Kier molecular flexibility index (Phi) is 9.69. The highest BCUT2D eigenvalue weighted by Crippen LogP contribution is 2.36. The molecule has 0 aliphatic rings. The Balaban J connectivity index is 1.78. The molecule has 1 atom stereocenters. The van der Waals surface area contributed by atoms with Crippen LogP contribution in [0.4, 0.5) is 13.2 Å². The maximum atomic E-state index is 13.3. The van der Waals surface area contributed by atoms with E-state index in [-0.39, 0.29) is 12.2 Å². The van der Waals surface area contributed by atoms with E-state index in [4.69, 9.17) is 13.9 Å². The minimum atomic E-state index is -4.45. The Hall–Kier alpha value is -3.22. The van der Waals surface area contributed by atoms with E-state index in [2.05, 4.69) is 38.6 Å². The largest absolute Gasteiger partial charge is 0.493 e. The van der Waals surface area contributed by atoms with Gasteiger partial charge in [0.1, 0.15) is 23.7 Å². The molecule has 38 heavy (non-hydrogen) atoms. The fourth-order valence-electron chi connectivity index (χ4n) is 4.40. The second-order valence-electron chi connectivity index (χ2n) is 10.4. The number of aryl methyl sites for hydroxylation is 2. The number of fused-ring (bicyclic) bond motifs is 1. The molecule has 1 heterocycles. The van der Waals surface area contributed by atoms with Crippen molar-refractivity contribution in [1.82, 2.24) is 0 Å². The Bertz CT molecular complexity index is 1260. The van der Waals surface area contributed by atoms with Gasteiger partial charge in [-0.15, -0.1) is 0 Å². The zero-order chi connectivity index (χ0) is 27.9. The van der Waals surface area contributed by atoms with Crippen molar-refractivity contribution in [3.8, 4) is 17.1 Å². The zero-order valence-corrected chi connectivity index (χ0v) is 22.7. The molecule has 0 amide bonds. The van der Waals surface area contributed by atoms with Gasteiger partial charge in [-0.05, 0) is 55.5 Å². The number of rotatable bonds is 13. The monoisotopic (exact) mass is 530 g/mol. The van der Waals surface area contributed by atoms with Crippen molar-refractivity contribution in [3.63, 3.8) is 0 Å². The predicted molar refractivity (Wildman–Crippen MR) is 144 cm³/mol. The van der Waals surface area contributed by atoms with Crippen LogP contribution in [0.1, 0.15) is 64.5 Å². The number of halogens is 3. The summed E-state index contributed by atoms with van der Waals surface area (Å²) in [5.74, 6) is 0.381. The molecule has 0 bridgehead atoms. The number of unbranched alkanes of at least 4 members (excludes halogenated alkanes) is 2. The SMILES string of the molecule is C=C(C)C(=O)OCC(C)(COc1ccc2cc(-c3ccc(CCCCC)cc3CC)oc2c1)CC(F)(F)F. The number of esters is 1. The van der Waals surface area contributed by atoms with Crippen molar-refractivity contribution in [2.45, 2.75) is 72.4 Å². The van der Waals surface area contributed by atoms with Crippen molar-refractivity contribution in [3.05, 3.63) is 65.7 Å². The van der Waals surface area contributed by atoms with Gasteiger partial charge in [-0.25, -0.2) is 4.79 Å².